The van der Waals surface area contributed by atoms with Crippen molar-refractivity contribution < 1.29 is 33.9 Å². The third kappa shape index (κ3) is 8.56. The van der Waals surface area contributed by atoms with Crippen molar-refractivity contribution in [2.24, 2.45) is 0 Å². The number of nitriles is 1. The Morgan fingerprint density at radius 2 is 1.95 bits per heavy atom. The summed E-state index contributed by atoms with van der Waals surface area (Å²) in [6, 6.07) is 4.20. The molecule has 1 heterocycles. The third-order valence-corrected chi connectivity index (χ3v) is 2.82. The number of halogens is 1. The number of nitrogens with zero attached hydrogens (tertiary/aromatic N) is 1. The minimum Gasteiger partial charge on any atom is -0.222 e. The van der Waals surface area contributed by atoms with Crippen molar-refractivity contribution in [3.8, 4) is 6.07 Å². The highest BCUT2D eigenvalue weighted by Gasteiger charge is 2.13. The second-order valence-electron chi connectivity index (χ2n) is 3.43. The largest absolute Gasteiger partial charge is 0.257 e. The lowest BCUT2D eigenvalue weighted by molar-refractivity contribution is -2.00. The predicted octanol–water partition coefficient (Wildman–Crippen LogP) is -2.49. The van der Waals surface area contributed by atoms with Crippen LogP contribution in [-0.4, -0.2) is 5.75 Å². The molecule has 8 heteroatoms. The molecule has 0 atom stereocenters. The highest BCUT2D eigenvalue weighted by Crippen LogP contribution is 2.20. The van der Waals surface area contributed by atoms with E-state index in [4.69, 9.17) is 23.9 Å². The van der Waals surface area contributed by atoms with Crippen molar-refractivity contribution in [1.29, 1.82) is 5.26 Å². The number of nitrogens with one attached hydrogen (secondary N) is 1. The Morgan fingerprint density at radius 1 is 1.42 bits per heavy atom. The van der Waals surface area contributed by atoms with E-state index in [1.54, 1.807) is 11.8 Å². The van der Waals surface area contributed by atoms with E-state index in [1.165, 1.54) is 0 Å². The SMILES string of the molecule is C=CCSc1[nH+]c(C)cc(C)c1C#N.[O-][Cl+3]([O-])([O-])[O-]. The fourth-order valence-electron chi connectivity index (χ4n) is 1.24. The Balaban J connectivity index is 0.000000555. The van der Waals surface area contributed by atoms with Gasteiger partial charge in [-0.2, -0.15) is 5.26 Å². The summed E-state index contributed by atoms with van der Waals surface area (Å²) in [5, 5.41) is 9.92. The van der Waals surface area contributed by atoms with Crippen molar-refractivity contribution in [2.75, 3.05) is 5.75 Å². The van der Waals surface area contributed by atoms with Crippen molar-refractivity contribution >= 4 is 11.8 Å². The molecule has 0 aliphatic carbocycles. The summed E-state index contributed by atoms with van der Waals surface area (Å²) in [7, 11) is -4.94. The first-order valence-corrected chi connectivity index (χ1v) is 7.20. The first-order valence-electron chi connectivity index (χ1n) is 4.98. The monoisotopic (exact) mass is 304 g/mol. The van der Waals surface area contributed by atoms with Crippen molar-refractivity contribution in [3.63, 3.8) is 0 Å². The van der Waals surface area contributed by atoms with Gasteiger partial charge in [-0.15, -0.1) is 16.8 Å². The van der Waals surface area contributed by atoms with Crippen LogP contribution in [0.1, 0.15) is 16.8 Å². The Labute approximate surface area is 117 Å². The smallest absolute Gasteiger partial charge is 0.222 e. The van der Waals surface area contributed by atoms with Gasteiger partial charge in [0.1, 0.15) is 11.6 Å². The second-order valence-corrected chi connectivity index (χ2v) is 5.22. The summed E-state index contributed by atoms with van der Waals surface area (Å²) in [6.45, 7) is 7.61. The topological polar surface area (TPSA) is 130 Å². The van der Waals surface area contributed by atoms with Crippen molar-refractivity contribution in [3.05, 3.63) is 35.5 Å². The quantitative estimate of drug-likeness (QED) is 0.448. The molecule has 1 aromatic rings. The van der Waals surface area contributed by atoms with Gasteiger partial charge in [0.15, 0.2) is 5.69 Å². The van der Waals surface area contributed by atoms with Gasteiger partial charge in [-0.05, 0) is 12.5 Å². The lowest BCUT2D eigenvalue weighted by Gasteiger charge is -2.17. The lowest BCUT2D eigenvalue weighted by Crippen LogP contribution is -2.68. The summed E-state index contributed by atoms with van der Waals surface area (Å²) in [5.74, 6) is 0.814. The normalized spacial score (nSPS) is 10.2. The molecule has 0 unspecified atom stereocenters. The van der Waals surface area contributed by atoms with Crippen LogP contribution < -0.4 is 23.6 Å². The molecule has 19 heavy (non-hydrogen) atoms. The molecular weight excluding hydrogens is 292 g/mol. The zero-order valence-corrected chi connectivity index (χ0v) is 12.0. The van der Waals surface area contributed by atoms with E-state index < -0.39 is 10.2 Å². The van der Waals surface area contributed by atoms with Crippen LogP contribution in [0, 0.1) is 35.4 Å². The molecule has 1 rings (SSSR count). The van der Waals surface area contributed by atoms with E-state index in [1.807, 2.05) is 26.0 Å². The lowest BCUT2D eigenvalue weighted by atomic mass is 10.1. The van der Waals surface area contributed by atoms with E-state index in [0.717, 1.165) is 27.6 Å². The third-order valence-electron chi connectivity index (χ3n) is 1.82. The molecule has 0 fully saturated rings. The van der Waals surface area contributed by atoms with Gasteiger partial charge < -0.3 is 0 Å². The maximum atomic E-state index is 8.98. The number of hydrogen-bond donors (Lipinski definition) is 0. The number of hydrogen-bond acceptors (Lipinski definition) is 6. The van der Waals surface area contributed by atoms with Gasteiger partial charge >= 0.3 is 0 Å². The number of thioether (sulfide) groups is 1. The van der Waals surface area contributed by atoms with E-state index >= 15 is 0 Å². The van der Waals surface area contributed by atoms with Gasteiger partial charge in [0.05, 0.1) is 0 Å². The van der Waals surface area contributed by atoms with Gasteiger partial charge in [-0.1, -0.05) is 17.8 Å². The van der Waals surface area contributed by atoms with Crippen LogP contribution >= 0.6 is 11.8 Å². The second kappa shape index (κ2) is 8.12. The molecule has 0 bridgehead atoms. The van der Waals surface area contributed by atoms with Gasteiger partial charge in [0.25, 0.3) is 5.03 Å². The molecule has 0 saturated carbocycles. The minimum atomic E-state index is -4.94. The molecule has 1 N–H and O–H groups in total. The standard InChI is InChI=1S/C11H12N2S.ClHO4/c1-4-5-14-11-10(7-12)8(2)6-9(3)13-11;2-1(3,4)5/h4,6H,1,5H2,2-3H3;(H,2,3,4,5). The average molecular weight is 305 g/mol. The number of H-pyrrole nitrogens is 1. The molecule has 0 saturated heterocycles. The van der Waals surface area contributed by atoms with Gasteiger partial charge in [0.2, 0.25) is 0 Å². The molecule has 6 nitrogen and oxygen atoms in total. The van der Waals surface area contributed by atoms with Gasteiger partial charge in [0, 0.05) is 18.7 Å². The molecule has 0 amide bonds. The first-order chi connectivity index (χ1) is 8.69. The van der Waals surface area contributed by atoms with E-state index in [2.05, 4.69) is 17.6 Å². The molecule has 0 aromatic carbocycles. The molecular formula is C11H13ClN2O4S. The zero-order chi connectivity index (χ0) is 15.1. The zero-order valence-electron chi connectivity index (χ0n) is 10.4. The Kier molecular flexibility index (Phi) is 7.63. The van der Waals surface area contributed by atoms with E-state index in [0.29, 0.717) is 0 Å². The van der Waals surface area contributed by atoms with Crippen molar-refractivity contribution in [2.45, 2.75) is 18.9 Å². The summed E-state index contributed by atoms with van der Waals surface area (Å²) in [4.78, 5) is 3.20. The molecule has 0 spiro atoms. The van der Waals surface area contributed by atoms with Crippen LogP contribution in [0.3, 0.4) is 0 Å². The Hall–Kier alpha value is -1.14. The molecule has 0 aliphatic heterocycles. The number of aromatic amines is 1. The highest BCUT2D eigenvalue weighted by molar-refractivity contribution is 7.99. The maximum Gasteiger partial charge on any atom is 0.257 e. The average Bonchev–Trinajstić information content (AvgIpc) is 2.23. The number of aryl methyl sites for hydroxylation is 2. The van der Waals surface area contributed by atoms with Gasteiger partial charge in [-0.3, -0.25) is 0 Å². The summed E-state index contributed by atoms with van der Waals surface area (Å²) in [5.41, 5.74) is 2.84. The summed E-state index contributed by atoms with van der Waals surface area (Å²) < 4.78 is 34.0. The molecule has 0 aliphatic rings. The molecule has 104 valence electrons. The van der Waals surface area contributed by atoms with Crippen molar-refractivity contribution in [1.82, 2.24) is 0 Å². The summed E-state index contributed by atoms with van der Waals surface area (Å²) >= 11 is 1.60. The number of aromatic nitrogens is 1. The minimum absolute atomic E-state index is 0.738. The Morgan fingerprint density at radius 3 is 2.37 bits per heavy atom. The fraction of sp³-hybridized carbons (Fsp3) is 0.273. The number of rotatable bonds is 3. The maximum absolute atomic E-state index is 8.98. The Bertz CT molecular complexity index is 477. The van der Waals surface area contributed by atoms with Crippen LogP contribution in [0.2, 0.25) is 0 Å². The fourth-order valence-corrected chi connectivity index (χ4v) is 2.11. The summed E-state index contributed by atoms with van der Waals surface area (Å²) in [6.07, 6.45) is 1.83. The molecule has 0 radical (unpaired) electrons. The van der Waals surface area contributed by atoms with E-state index in [9.17, 15) is 0 Å². The van der Waals surface area contributed by atoms with Crippen LogP contribution in [0.4, 0.5) is 0 Å². The predicted molar refractivity (Wildman–Crippen MR) is 58.1 cm³/mol. The van der Waals surface area contributed by atoms with Crippen LogP contribution in [0.5, 0.6) is 0 Å². The van der Waals surface area contributed by atoms with E-state index in [-0.39, 0.29) is 0 Å². The van der Waals surface area contributed by atoms with Crippen LogP contribution in [-0.2, 0) is 0 Å². The van der Waals surface area contributed by atoms with Crippen LogP contribution in [0.15, 0.2) is 23.7 Å². The molecule has 1 aromatic heterocycles. The first kappa shape index (κ1) is 17.9. The number of pyridine rings is 1. The van der Waals surface area contributed by atoms with Crippen LogP contribution in [0.25, 0.3) is 0 Å². The van der Waals surface area contributed by atoms with Gasteiger partial charge in [-0.25, -0.2) is 23.6 Å². The highest BCUT2D eigenvalue weighted by atomic mass is 35.7.